The standard InChI is InChI=1S/C14H16ClN3O/c1-19-14-10(15)6-8-4-2-3-5-9(8)13(14)11-7-12(16)18-17-11/h6-7H,2-5H2,1H3,(H3,16,17,18). The SMILES string of the molecule is COc1c(Cl)cc2c(c1-c1cc(N)n[nH]1)CCCC2. The first-order valence-electron chi connectivity index (χ1n) is 6.40. The molecule has 0 amide bonds. The largest absolute Gasteiger partial charge is 0.494 e. The Morgan fingerprint density at radius 2 is 2.11 bits per heavy atom. The van der Waals surface area contributed by atoms with Crippen LogP contribution in [0.2, 0.25) is 5.02 Å². The summed E-state index contributed by atoms with van der Waals surface area (Å²) in [7, 11) is 1.64. The Kier molecular flexibility index (Phi) is 3.11. The number of methoxy groups -OCH3 is 1. The zero-order valence-corrected chi connectivity index (χ0v) is 11.5. The minimum Gasteiger partial charge on any atom is -0.494 e. The topological polar surface area (TPSA) is 63.9 Å². The van der Waals surface area contributed by atoms with Crippen LogP contribution in [0.5, 0.6) is 5.75 Å². The number of rotatable bonds is 2. The van der Waals surface area contributed by atoms with Gasteiger partial charge in [-0.2, -0.15) is 5.10 Å². The van der Waals surface area contributed by atoms with E-state index >= 15 is 0 Å². The Bertz CT molecular complexity index is 621. The molecule has 5 heteroatoms. The molecule has 2 aromatic rings. The summed E-state index contributed by atoms with van der Waals surface area (Å²) < 4.78 is 5.49. The van der Waals surface area contributed by atoms with Crippen molar-refractivity contribution in [2.45, 2.75) is 25.7 Å². The van der Waals surface area contributed by atoms with Gasteiger partial charge in [-0.3, -0.25) is 5.10 Å². The van der Waals surface area contributed by atoms with Crippen molar-refractivity contribution in [2.75, 3.05) is 12.8 Å². The second-order valence-electron chi connectivity index (χ2n) is 4.82. The average Bonchev–Trinajstić information content (AvgIpc) is 2.83. The van der Waals surface area contributed by atoms with Gasteiger partial charge in [0.1, 0.15) is 11.6 Å². The Hall–Kier alpha value is -1.68. The normalized spacial score (nSPS) is 14.2. The lowest BCUT2D eigenvalue weighted by atomic mass is 9.86. The van der Waals surface area contributed by atoms with E-state index in [1.165, 1.54) is 24.0 Å². The van der Waals surface area contributed by atoms with Gasteiger partial charge in [-0.05, 0) is 42.9 Å². The molecule has 0 saturated carbocycles. The van der Waals surface area contributed by atoms with Gasteiger partial charge in [0.05, 0.1) is 17.8 Å². The summed E-state index contributed by atoms with van der Waals surface area (Å²) in [6, 6.07) is 3.85. The number of fused-ring (bicyclic) bond motifs is 1. The number of nitrogen functional groups attached to an aromatic ring is 1. The summed E-state index contributed by atoms with van der Waals surface area (Å²) in [6.45, 7) is 0. The number of hydrogen-bond donors (Lipinski definition) is 2. The van der Waals surface area contributed by atoms with Crippen molar-refractivity contribution in [3.8, 4) is 17.0 Å². The van der Waals surface area contributed by atoms with Gasteiger partial charge in [0.25, 0.3) is 0 Å². The third-order valence-electron chi connectivity index (χ3n) is 3.63. The molecule has 3 N–H and O–H groups in total. The predicted octanol–water partition coefficient (Wildman–Crippen LogP) is 3.20. The number of benzene rings is 1. The van der Waals surface area contributed by atoms with Gasteiger partial charge in [0, 0.05) is 11.6 Å². The van der Waals surface area contributed by atoms with Crippen molar-refractivity contribution < 1.29 is 4.74 Å². The molecule has 0 unspecified atom stereocenters. The number of anilines is 1. The highest BCUT2D eigenvalue weighted by Crippen LogP contribution is 2.42. The van der Waals surface area contributed by atoms with Crippen molar-refractivity contribution >= 4 is 17.4 Å². The van der Waals surface area contributed by atoms with Crippen molar-refractivity contribution in [3.63, 3.8) is 0 Å². The van der Waals surface area contributed by atoms with E-state index in [-0.39, 0.29) is 0 Å². The zero-order valence-electron chi connectivity index (χ0n) is 10.8. The molecule has 1 aliphatic carbocycles. The quantitative estimate of drug-likeness (QED) is 0.886. The summed E-state index contributed by atoms with van der Waals surface area (Å²) >= 11 is 6.33. The number of hydrogen-bond acceptors (Lipinski definition) is 3. The molecule has 1 heterocycles. The highest BCUT2D eigenvalue weighted by molar-refractivity contribution is 6.32. The van der Waals surface area contributed by atoms with Crippen LogP contribution < -0.4 is 10.5 Å². The Morgan fingerprint density at radius 3 is 2.79 bits per heavy atom. The van der Waals surface area contributed by atoms with E-state index < -0.39 is 0 Å². The van der Waals surface area contributed by atoms with E-state index in [9.17, 15) is 0 Å². The van der Waals surface area contributed by atoms with Crippen LogP contribution in [-0.2, 0) is 12.8 Å². The lowest BCUT2D eigenvalue weighted by molar-refractivity contribution is 0.415. The minimum absolute atomic E-state index is 0.474. The van der Waals surface area contributed by atoms with Gasteiger partial charge in [-0.15, -0.1) is 0 Å². The maximum atomic E-state index is 6.33. The summed E-state index contributed by atoms with van der Waals surface area (Å²) in [5, 5.41) is 7.61. The van der Waals surface area contributed by atoms with Crippen molar-refractivity contribution in [3.05, 3.63) is 28.3 Å². The van der Waals surface area contributed by atoms with Gasteiger partial charge < -0.3 is 10.5 Å². The molecule has 0 saturated heterocycles. The molecule has 19 heavy (non-hydrogen) atoms. The number of aryl methyl sites for hydroxylation is 1. The maximum absolute atomic E-state index is 6.33. The fourth-order valence-corrected chi connectivity index (χ4v) is 3.10. The van der Waals surface area contributed by atoms with E-state index in [1.54, 1.807) is 7.11 Å². The molecular weight excluding hydrogens is 262 g/mol. The molecule has 0 spiro atoms. The monoisotopic (exact) mass is 277 g/mol. The highest BCUT2D eigenvalue weighted by atomic mass is 35.5. The van der Waals surface area contributed by atoms with E-state index in [0.717, 1.165) is 24.1 Å². The lowest BCUT2D eigenvalue weighted by Gasteiger charge is -2.22. The first-order valence-corrected chi connectivity index (χ1v) is 6.78. The van der Waals surface area contributed by atoms with Gasteiger partial charge in [-0.25, -0.2) is 0 Å². The highest BCUT2D eigenvalue weighted by Gasteiger charge is 2.22. The van der Waals surface area contributed by atoms with Crippen molar-refractivity contribution in [1.82, 2.24) is 10.2 Å². The second kappa shape index (κ2) is 4.78. The maximum Gasteiger partial charge on any atom is 0.147 e. The molecule has 3 rings (SSSR count). The molecule has 0 fully saturated rings. The second-order valence-corrected chi connectivity index (χ2v) is 5.23. The van der Waals surface area contributed by atoms with Crippen molar-refractivity contribution in [1.29, 1.82) is 0 Å². The molecule has 0 bridgehead atoms. The van der Waals surface area contributed by atoms with Crippen molar-refractivity contribution in [2.24, 2.45) is 0 Å². The van der Waals surface area contributed by atoms with Crippen LogP contribution in [0.3, 0.4) is 0 Å². The molecule has 0 atom stereocenters. The summed E-state index contributed by atoms with van der Waals surface area (Å²) in [6.07, 6.45) is 4.50. The number of halogens is 1. The molecule has 100 valence electrons. The number of ether oxygens (including phenoxy) is 1. The van der Waals surface area contributed by atoms with E-state index in [4.69, 9.17) is 22.1 Å². The van der Waals surface area contributed by atoms with Crippen LogP contribution in [0.15, 0.2) is 12.1 Å². The van der Waals surface area contributed by atoms with E-state index in [1.807, 2.05) is 12.1 Å². The Balaban J connectivity index is 2.27. The van der Waals surface area contributed by atoms with Crippen LogP contribution in [0.25, 0.3) is 11.3 Å². The number of aromatic amines is 1. The molecule has 0 aliphatic heterocycles. The summed E-state index contributed by atoms with van der Waals surface area (Å²) in [5.41, 5.74) is 10.2. The smallest absolute Gasteiger partial charge is 0.147 e. The van der Waals surface area contributed by atoms with Gasteiger partial charge in [0.15, 0.2) is 0 Å². The first kappa shape index (κ1) is 12.4. The lowest BCUT2D eigenvalue weighted by Crippen LogP contribution is -2.06. The number of aromatic nitrogens is 2. The molecule has 1 aromatic carbocycles. The molecular formula is C14H16ClN3O. The van der Waals surface area contributed by atoms with Gasteiger partial charge in [0.2, 0.25) is 0 Å². The number of H-pyrrole nitrogens is 1. The molecule has 0 radical (unpaired) electrons. The van der Waals surface area contributed by atoms with E-state index in [0.29, 0.717) is 16.6 Å². The third kappa shape index (κ3) is 2.06. The number of nitrogens with zero attached hydrogens (tertiary/aromatic N) is 1. The van der Waals surface area contributed by atoms with E-state index in [2.05, 4.69) is 10.2 Å². The molecule has 1 aliphatic rings. The first-order chi connectivity index (χ1) is 9.20. The summed E-state index contributed by atoms with van der Waals surface area (Å²) in [4.78, 5) is 0. The number of nitrogens with one attached hydrogen (secondary N) is 1. The average molecular weight is 278 g/mol. The Labute approximate surface area is 116 Å². The minimum atomic E-state index is 0.474. The van der Waals surface area contributed by atoms with Crippen LogP contribution in [0.1, 0.15) is 24.0 Å². The molecule has 1 aromatic heterocycles. The number of nitrogens with two attached hydrogens (primary N) is 1. The van der Waals surface area contributed by atoms with Gasteiger partial charge >= 0.3 is 0 Å². The van der Waals surface area contributed by atoms with Crippen LogP contribution >= 0.6 is 11.6 Å². The fraction of sp³-hybridized carbons (Fsp3) is 0.357. The Morgan fingerprint density at radius 1 is 1.32 bits per heavy atom. The summed E-state index contributed by atoms with van der Waals surface area (Å²) in [5.74, 6) is 1.17. The van der Waals surface area contributed by atoms with Crippen LogP contribution in [0.4, 0.5) is 5.82 Å². The third-order valence-corrected chi connectivity index (χ3v) is 3.91. The van der Waals surface area contributed by atoms with Crippen LogP contribution in [0, 0.1) is 0 Å². The zero-order chi connectivity index (χ0) is 13.4. The molecule has 4 nitrogen and oxygen atoms in total. The van der Waals surface area contributed by atoms with Crippen LogP contribution in [-0.4, -0.2) is 17.3 Å². The fourth-order valence-electron chi connectivity index (χ4n) is 2.80. The van der Waals surface area contributed by atoms with Gasteiger partial charge in [-0.1, -0.05) is 11.6 Å². The predicted molar refractivity (Wildman–Crippen MR) is 76.6 cm³/mol.